The summed E-state index contributed by atoms with van der Waals surface area (Å²) in [6, 6.07) is 0. The summed E-state index contributed by atoms with van der Waals surface area (Å²) < 4.78 is 0. The van der Waals surface area contributed by atoms with Crippen molar-refractivity contribution >= 4 is 5.91 Å². The molecule has 2 atom stereocenters. The maximum Gasteiger partial charge on any atom is 0.223 e. The van der Waals surface area contributed by atoms with Crippen LogP contribution in [-0.4, -0.2) is 30.4 Å². The fourth-order valence-corrected chi connectivity index (χ4v) is 3.11. The summed E-state index contributed by atoms with van der Waals surface area (Å²) in [5.41, 5.74) is 5.42. The van der Waals surface area contributed by atoms with Crippen LogP contribution < -0.4 is 5.73 Å². The van der Waals surface area contributed by atoms with E-state index >= 15 is 0 Å². The Kier molecular flexibility index (Phi) is 3.62. The van der Waals surface area contributed by atoms with Crippen LogP contribution in [0.25, 0.3) is 0 Å². The van der Waals surface area contributed by atoms with E-state index in [0.717, 1.165) is 24.9 Å². The number of nitrogens with two attached hydrogens (primary N) is 1. The van der Waals surface area contributed by atoms with Crippen molar-refractivity contribution in [3.8, 4) is 0 Å². The van der Waals surface area contributed by atoms with Gasteiger partial charge in [0.25, 0.3) is 0 Å². The average Bonchev–Trinajstić information content (AvgIpc) is 2.29. The third kappa shape index (κ3) is 2.51. The van der Waals surface area contributed by atoms with Crippen molar-refractivity contribution in [2.45, 2.75) is 38.5 Å². The van der Waals surface area contributed by atoms with Crippen LogP contribution in [-0.2, 0) is 4.79 Å². The highest BCUT2D eigenvalue weighted by Gasteiger charge is 2.32. The molecule has 1 saturated heterocycles. The Hall–Kier alpha value is -0.570. The number of rotatable bonds is 2. The van der Waals surface area contributed by atoms with Crippen LogP contribution in [0.2, 0.25) is 0 Å². The highest BCUT2D eigenvalue weighted by Crippen LogP contribution is 2.36. The molecule has 0 aromatic heterocycles. The van der Waals surface area contributed by atoms with Crippen LogP contribution in [0.5, 0.6) is 0 Å². The monoisotopic (exact) mass is 210 g/mol. The number of carbonyl (C=O) groups excluding carboxylic acids is 1. The van der Waals surface area contributed by atoms with E-state index in [1.54, 1.807) is 0 Å². The fraction of sp³-hybridized carbons (Fsp3) is 0.917. The van der Waals surface area contributed by atoms with Gasteiger partial charge >= 0.3 is 0 Å². The summed E-state index contributed by atoms with van der Waals surface area (Å²) in [7, 11) is 0. The first-order chi connectivity index (χ1) is 7.31. The second-order valence-electron chi connectivity index (χ2n) is 4.97. The molecule has 0 aromatic carbocycles. The Morgan fingerprint density at radius 3 is 2.67 bits per heavy atom. The molecule has 1 heterocycles. The Bertz CT molecular complexity index is 230. The SMILES string of the molecule is NCCC(=O)N1CCC2CCCCC2C1. The van der Waals surface area contributed by atoms with Gasteiger partial charge in [-0.2, -0.15) is 0 Å². The summed E-state index contributed by atoms with van der Waals surface area (Å²) >= 11 is 0. The first-order valence-electron chi connectivity index (χ1n) is 6.29. The van der Waals surface area contributed by atoms with E-state index in [1.807, 2.05) is 4.90 Å². The van der Waals surface area contributed by atoms with Crippen molar-refractivity contribution < 1.29 is 4.79 Å². The molecular weight excluding hydrogens is 188 g/mol. The topological polar surface area (TPSA) is 46.3 Å². The van der Waals surface area contributed by atoms with Gasteiger partial charge in [0.05, 0.1) is 0 Å². The maximum atomic E-state index is 11.7. The van der Waals surface area contributed by atoms with Gasteiger partial charge in [-0.3, -0.25) is 4.79 Å². The summed E-state index contributed by atoms with van der Waals surface area (Å²) in [5.74, 6) is 1.96. The van der Waals surface area contributed by atoms with Gasteiger partial charge in [0, 0.05) is 26.1 Å². The summed E-state index contributed by atoms with van der Waals surface area (Å²) in [5, 5.41) is 0. The molecule has 3 heteroatoms. The number of amides is 1. The zero-order valence-corrected chi connectivity index (χ0v) is 9.45. The molecule has 0 spiro atoms. The van der Waals surface area contributed by atoms with Crippen molar-refractivity contribution in [1.82, 2.24) is 4.90 Å². The zero-order chi connectivity index (χ0) is 10.7. The Labute approximate surface area is 92.0 Å². The molecule has 1 aliphatic heterocycles. The van der Waals surface area contributed by atoms with Gasteiger partial charge in [0.1, 0.15) is 0 Å². The van der Waals surface area contributed by atoms with Crippen molar-refractivity contribution in [2.75, 3.05) is 19.6 Å². The van der Waals surface area contributed by atoms with E-state index in [9.17, 15) is 4.79 Å². The third-order valence-corrected chi connectivity index (χ3v) is 4.00. The Morgan fingerprint density at radius 1 is 1.20 bits per heavy atom. The lowest BCUT2D eigenvalue weighted by molar-refractivity contribution is -0.134. The van der Waals surface area contributed by atoms with Gasteiger partial charge < -0.3 is 10.6 Å². The summed E-state index contributed by atoms with van der Waals surface area (Å²) in [6.07, 6.45) is 7.23. The highest BCUT2D eigenvalue weighted by atomic mass is 16.2. The van der Waals surface area contributed by atoms with Crippen molar-refractivity contribution in [2.24, 2.45) is 17.6 Å². The molecule has 2 unspecified atom stereocenters. The lowest BCUT2D eigenvalue weighted by Crippen LogP contribution is -2.45. The van der Waals surface area contributed by atoms with E-state index in [4.69, 9.17) is 5.73 Å². The van der Waals surface area contributed by atoms with E-state index < -0.39 is 0 Å². The minimum Gasteiger partial charge on any atom is -0.342 e. The van der Waals surface area contributed by atoms with E-state index in [-0.39, 0.29) is 5.91 Å². The van der Waals surface area contributed by atoms with E-state index in [2.05, 4.69) is 0 Å². The second-order valence-corrected chi connectivity index (χ2v) is 4.97. The average molecular weight is 210 g/mol. The number of hydrogen-bond acceptors (Lipinski definition) is 2. The first kappa shape index (κ1) is 10.9. The standard InChI is InChI=1S/C12H22N2O/c13-7-5-12(15)14-8-6-10-3-1-2-4-11(10)9-14/h10-11H,1-9,13H2. The fourth-order valence-electron chi connectivity index (χ4n) is 3.11. The van der Waals surface area contributed by atoms with E-state index in [0.29, 0.717) is 13.0 Å². The number of carbonyl (C=O) groups is 1. The lowest BCUT2D eigenvalue weighted by atomic mass is 9.75. The van der Waals surface area contributed by atoms with Gasteiger partial charge in [-0.05, 0) is 24.7 Å². The quantitative estimate of drug-likeness (QED) is 0.748. The van der Waals surface area contributed by atoms with Gasteiger partial charge in [-0.1, -0.05) is 19.3 Å². The lowest BCUT2D eigenvalue weighted by Gasteiger charge is -2.41. The number of likely N-dealkylation sites (tertiary alicyclic amines) is 1. The summed E-state index contributed by atoms with van der Waals surface area (Å²) in [6.45, 7) is 2.47. The zero-order valence-electron chi connectivity index (χ0n) is 9.45. The largest absolute Gasteiger partial charge is 0.342 e. The number of hydrogen-bond donors (Lipinski definition) is 1. The molecular formula is C12H22N2O. The Balaban J connectivity index is 1.87. The van der Waals surface area contributed by atoms with Crippen molar-refractivity contribution in [1.29, 1.82) is 0 Å². The highest BCUT2D eigenvalue weighted by molar-refractivity contribution is 5.76. The second kappa shape index (κ2) is 4.97. The molecule has 2 fully saturated rings. The Morgan fingerprint density at radius 2 is 1.93 bits per heavy atom. The van der Waals surface area contributed by atoms with Crippen LogP contribution >= 0.6 is 0 Å². The van der Waals surface area contributed by atoms with Crippen molar-refractivity contribution in [3.63, 3.8) is 0 Å². The van der Waals surface area contributed by atoms with Crippen LogP contribution in [0.15, 0.2) is 0 Å². The van der Waals surface area contributed by atoms with Gasteiger partial charge in [-0.25, -0.2) is 0 Å². The molecule has 3 nitrogen and oxygen atoms in total. The number of piperidine rings is 1. The first-order valence-corrected chi connectivity index (χ1v) is 6.29. The number of nitrogens with zero attached hydrogens (tertiary/aromatic N) is 1. The summed E-state index contributed by atoms with van der Waals surface area (Å²) in [4.78, 5) is 13.8. The molecule has 15 heavy (non-hydrogen) atoms. The van der Waals surface area contributed by atoms with Gasteiger partial charge in [0.2, 0.25) is 5.91 Å². The molecule has 2 N–H and O–H groups in total. The molecule has 0 radical (unpaired) electrons. The molecule has 86 valence electrons. The van der Waals surface area contributed by atoms with Crippen LogP contribution in [0, 0.1) is 11.8 Å². The van der Waals surface area contributed by atoms with Gasteiger partial charge in [-0.15, -0.1) is 0 Å². The predicted octanol–water partition coefficient (Wildman–Crippen LogP) is 1.37. The van der Waals surface area contributed by atoms with Crippen LogP contribution in [0.4, 0.5) is 0 Å². The molecule has 1 amide bonds. The maximum absolute atomic E-state index is 11.7. The molecule has 2 aliphatic rings. The normalized spacial score (nSPS) is 31.1. The van der Waals surface area contributed by atoms with Crippen molar-refractivity contribution in [3.05, 3.63) is 0 Å². The van der Waals surface area contributed by atoms with E-state index in [1.165, 1.54) is 32.1 Å². The molecule has 1 saturated carbocycles. The third-order valence-electron chi connectivity index (χ3n) is 4.00. The van der Waals surface area contributed by atoms with Gasteiger partial charge in [0.15, 0.2) is 0 Å². The number of fused-ring (bicyclic) bond motifs is 1. The minimum atomic E-state index is 0.265. The minimum absolute atomic E-state index is 0.265. The smallest absolute Gasteiger partial charge is 0.223 e. The van der Waals surface area contributed by atoms with Crippen LogP contribution in [0.3, 0.4) is 0 Å². The van der Waals surface area contributed by atoms with Crippen LogP contribution in [0.1, 0.15) is 38.5 Å². The molecule has 0 aromatic rings. The molecule has 1 aliphatic carbocycles. The molecule has 0 bridgehead atoms. The predicted molar refractivity (Wildman–Crippen MR) is 60.3 cm³/mol. The molecule has 2 rings (SSSR count).